The van der Waals surface area contributed by atoms with E-state index < -0.39 is 11.9 Å². The van der Waals surface area contributed by atoms with Gasteiger partial charge < -0.3 is 10.4 Å². The average Bonchev–Trinajstić information content (AvgIpc) is 2.37. The minimum absolute atomic E-state index is 0.0629. The first-order chi connectivity index (χ1) is 9.31. The largest absolute Gasteiger partial charge is 0.481 e. The summed E-state index contributed by atoms with van der Waals surface area (Å²) in [5.41, 5.74) is 2.36. The molecule has 108 valence electrons. The summed E-state index contributed by atoms with van der Waals surface area (Å²) in [7, 11) is 0. The number of hydrogen-bond acceptors (Lipinski definition) is 2. The van der Waals surface area contributed by atoms with E-state index in [2.05, 4.69) is 11.9 Å². The van der Waals surface area contributed by atoms with E-state index in [0.717, 1.165) is 5.57 Å². The van der Waals surface area contributed by atoms with Crippen LogP contribution in [0.5, 0.6) is 0 Å². The van der Waals surface area contributed by atoms with Crippen molar-refractivity contribution in [1.29, 1.82) is 0 Å². The summed E-state index contributed by atoms with van der Waals surface area (Å²) in [5, 5.41) is 11.7. The Kier molecular flexibility index (Phi) is 5.50. The Bertz CT molecular complexity index is 505. The smallest absolute Gasteiger partial charge is 0.310 e. The van der Waals surface area contributed by atoms with Gasteiger partial charge in [-0.05, 0) is 38.0 Å². The number of allylic oxidation sites excluding steroid dienone is 1. The molecule has 4 nitrogen and oxygen atoms in total. The summed E-state index contributed by atoms with van der Waals surface area (Å²) in [4.78, 5) is 22.8. The fourth-order valence-corrected chi connectivity index (χ4v) is 1.88. The number of carboxylic acid groups (broad SMARTS) is 1. The number of amides is 1. The van der Waals surface area contributed by atoms with Crippen molar-refractivity contribution in [3.63, 3.8) is 0 Å². The normalized spacial score (nSPS) is 13.3. The van der Waals surface area contributed by atoms with Crippen LogP contribution in [0.15, 0.2) is 36.4 Å². The van der Waals surface area contributed by atoms with Crippen LogP contribution >= 0.6 is 0 Å². The summed E-state index contributed by atoms with van der Waals surface area (Å²) in [6.45, 7) is 9.17. The molecule has 0 aromatic heterocycles. The fraction of sp³-hybridized carbons (Fsp3) is 0.375. The van der Waals surface area contributed by atoms with Gasteiger partial charge in [-0.25, -0.2) is 0 Å². The molecule has 1 aromatic rings. The molecule has 0 heterocycles. The topological polar surface area (TPSA) is 66.4 Å². The monoisotopic (exact) mass is 275 g/mol. The zero-order valence-electron chi connectivity index (χ0n) is 12.1. The van der Waals surface area contributed by atoms with Gasteiger partial charge in [-0.15, -0.1) is 6.58 Å². The highest BCUT2D eigenvalue weighted by Crippen LogP contribution is 2.19. The van der Waals surface area contributed by atoms with Crippen molar-refractivity contribution in [1.82, 2.24) is 0 Å². The molecule has 0 fully saturated rings. The quantitative estimate of drug-likeness (QED) is 0.782. The number of benzene rings is 1. The van der Waals surface area contributed by atoms with Crippen molar-refractivity contribution in [2.75, 3.05) is 5.32 Å². The first-order valence-electron chi connectivity index (χ1n) is 6.59. The highest BCUT2D eigenvalue weighted by atomic mass is 16.4. The fourth-order valence-electron chi connectivity index (χ4n) is 1.88. The zero-order chi connectivity index (χ0) is 15.3. The second-order valence-corrected chi connectivity index (χ2v) is 5.23. The molecular weight excluding hydrogens is 254 g/mol. The standard InChI is InChI=1S/C16H21NO3/c1-10(2)9-11(3)15(18)17-14-7-5-13(6-8-14)12(4)16(19)20/h5-8,11-12H,1,9H2,2-4H3,(H,17,18)(H,19,20). The van der Waals surface area contributed by atoms with Crippen LogP contribution in [0.4, 0.5) is 5.69 Å². The number of carbonyl (C=O) groups excluding carboxylic acids is 1. The maximum atomic E-state index is 11.9. The number of carboxylic acids is 1. The van der Waals surface area contributed by atoms with Crippen molar-refractivity contribution < 1.29 is 14.7 Å². The minimum Gasteiger partial charge on any atom is -0.481 e. The van der Waals surface area contributed by atoms with Crippen LogP contribution in [0.3, 0.4) is 0 Å². The molecule has 0 aliphatic heterocycles. The van der Waals surface area contributed by atoms with E-state index in [4.69, 9.17) is 5.11 Å². The maximum Gasteiger partial charge on any atom is 0.310 e. The Labute approximate surface area is 119 Å². The first-order valence-corrected chi connectivity index (χ1v) is 6.59. The third-order valence-electron chi connectivity index (χ3n) is 3.15. The third kappa shape index (κ3) is 4.53. The Balaban J connectivity index is 2.68. The molecule has 2 atom stereocenters. The van der Waals surface area contributed by atoms with Gasteiger partial charge in [0.05, 0.1) is 5.92 Å². The molecule has 0 aliphatic rings. The Morgan fingerprint density at radius 2 is 1.80 bits per heavy atom. The number of nitrogens with one attached hydrogen (secondary N) is 1. The van der Waals surface area contributed by atoms with Crippen LogP contribution in [-0.2, 0) is 9.59 Å². The Morgan fingerprint density at radius 1 is 1.25 bits per heavy atom. The van der Waals surface area contributed by atoms with Crippen LogP contribution in [0.2, 0.25) is 0 Å². The Morgan fingerprint density at radius 3 is 2.25 bits per heavy atom. The summed E-state index contributed by atoms with van der Waals surface area (Å²) >= 11 is 0. The van der Waals surface area contributed by atoms with Gasteiger partial charge in [-0.2, -0.15) is 0 Å². The predicted molar refractivity (Wildman–Crippen MR) is 79.7 cm³/mol. The second-order valence-electron chi connectivity index (χ2n) is 5.23. The molecule has 20 heavy (non-hydrogen) atoms. The molecule has 0 saturated carbocycles. The lowest BCUT2D eigenvalue weighted by atomic mass is 10.0. The van der Waals surface area contributed by atoms with Crippen molar-refractivity contribution in [2.45, 2.75) is 33.1 Å². The van der Waals surface area contributed by atoms with E-state index in [0.29, 0.717) is 17.7 Å². The first kappa shape index (κ1) is 16.0. The molecule has 2 unspecified atom stereocenters. The predicted octanol–water partition coefficient (Wildman–Crippen LogP) is 3.42. The lowest BCUT2D eigenvalue weighted by Gasteiger charge is -2.13. The molecule has 0 saturated heterocycles. The lowest BCUT2D eigenvalue weighted by molar-refractivity contribution is -0.138. The van der Waals surface area contributed by atoms with Gasteiger partial charge in [-0.3, -0.25) is 9.59 Å². The van der Waals surface area contributed by atoms with Gasteiger partial charge in [0, 0.05) is 11.6 Å². The van der Waals surface area contributed by atoms with Gasteiger partial charge in [0.1, 0.15) is 0 Å². The van der Waals surface area contributed by atoms with Crippen LogP contribution < -0.4 is 5.32 Å². The molecule has 1 aromatic carbocycles. The van der Waals surface area contributed by atoms with Gasteiger partial charge >= 0.3 is 5.97 Å². The van der Waals surface area contributed by atoms with E-state index in [-0.39, 0.29) is 11.8 Å². The molecule has 2 N–H and O–H groups in total. The summed E-state index contributed by atoms with van der Waals surface area (Å²) in [6.07, 6.45) is 0.653. The molecule has 0 spiro atoms. The second kappa shape index (κ2) is 6.89. The van der Waals surface area contributed by atoms with Crippen LogP contribution in [-0.4, -0.2) is 17.0 Å². The highest BCUT2D eigenvalue weighted by Gasteiger charge is 2.15. The van der Waals surface area contributed by atoms with Gasteiger partial charge in [0.2, 0.25) is 5.91 Å². The molecule has 0 radical (unpaired) electrons. The number of anilines is 1. The van der Waals surface area contributed by atoms with E-state index >= 15 is 0 Å². The Hall–Kier alpha value is -2.10. The van der Waals surface area contributed by atoms with Crippen molar-refractivity contribution in [2.24, 2.45) is 5.92 Å². The number of carbonyl (C=O) groups is 2. The van der Waals surface area contributed by atoms with Crippen LogP contribution in [0, 0.1) is 5.92 Å². The van der Waals surface area contributed by atoms with Gasteiger partial charge in [0.25, 0.3) is 0 Å². The number of rotatable bonds is 6. The minimum atomic E-state index is -0.864. The average molecular weight is 275 g/mol. The molecule has 0 aliphatic carbocycles. The van der Waals surface area contributed by atoms with E-state index in [1.165, 1.54) is 0 Å². The van der Waals surface area contributed by atoms with E-state index in [1.807, 2.05) is 13.8 Å². The molecule has 0 bridgehead atoms. The lowest BCUT2D eigenvalue weighted by Crippen LogP contribution is -2.20. The maximum absolute atomic E-state index is 11.9. The third-order valence-corrected chi connectivity index (χ3v) is 3.15. The zero-order valence-corrected chi connectivity index (χ0v) is 12.1. The molecular formula is C16H21NO3. The van der Waals surface area contributed by atoms with E-state index in [1.54, 1.807) is 31.2 Å². The number of aliphatic carboxylic acids is 1. The van der Waals surface area contributed by atoms with Crippen LogP contribution in [0.25, 0.3) is 0 Å². The van der Waals surface area contributed by atoms with E-state index in [9.17, 15) is 9.59 Å². The van der Waals surface area contributed by atoms with Crippen molar-refractivity contribution in [3.05, 3.63) is 42.0 Å². The summed E-state index contributed by atoms with van der Waals surface area (Å²) in [6, 6.07) is 6.88. The van der Waals surface area contributed by atoms with Crippen molar-refractivity contribution in [3.8, 4) is 0 Å². The van der Waals surface area contributed by atoms with Gasteiger partial charge in [-0.1, -0.05) is 24.6 Å². The molecule has 1 amide bonds. The summed E-state index contributed by atoms with van der Waals surface area (Å²) in [5.74, 6) is -1.61. The van der Waals surface area contributed by atoms with Crippen molar-refractivity contribution >= 4 is 17.6 Å². The summed E-state index contributed by atoms with van der Waals surface area (Å²) < 4.78 is 0. The highest BCUT2D eigenvalue weighted by molar-refractivity contribution is 5.92. The SMILES string of the molecule is C=C(C)CC(C)C(=O)Nc1ccc(C(C)C(=O)O)cc1. The molecule has 1 rings (SSSR count). The van der Waals surface area contributed by atoms with Gasteiger partial charge in [0.15, 0.2) is 0 Å². The molecule has 4 heteroatoms. The number of hydrogen-bond donors (Lipinski definition) is 2. The van der Waals surface area contributed by atoms with Crippen LogP contribution in [0.1, 0.15) is 38.7 Å².